The summed E-state index contributed by atoms with van der Waals surface area (Å²) < 4.78 is 37.5. The van der Waals surface area contributed by atoms with Crippen LogP contribution in [0, 0.1) is 0 Å². The predicted molar refractivity (Wildman–Crippen MR) is 126 cm³/mol. The predicted octanol–water partition coefficient (Wildman–Crippen LogP) is 2.48. The van der Waals surface area contributed by atoms with Crippen LogP contribution in [0.4, 0.5) is 4.39 Å². The number of methoxy groups -OCH3 is 1. The monoisotopic (exact) mass is 481 g/mol. The highest BCUT2D eigenvalue weighted by Gasteiger charge is 2.34. The molecular formula is C25H28FN5O4. The van der Waals surface area contributed by atoms with Gasteiger partial charge in [0, 0.05) is 49.3 Å². The summed E-state index contributed by atoms with van der Waals surface area (Å²) in [6.07, 6.45) is 3.17. The number of piperidine rings is 1. The molecule has 3 aliphatic rings. The first-order valence-corrected chi connectivity index (χ1v) is 12.0. The zero-order valence-corrected chi connectivity index (χ0v) is 19.6. The first-order valence-electron chi connectivity index (χ1n) is 12.0. The Hall–Kier alpha value is -3.24. The first-order chi connectivity index (χ1) is 17.2. The van der Waals surface area contributed by atoms with Gasteiger partial charge in [-0.2, -0.15) is 0 Å². The van der Waals surface area contributed by atoms with Gasteiger partial charge in [-0.3, -0.25) is 14.9 Å². The normalized spacial score (nSPS) is 23.7. The van der Waals surface area contributed by atoms with Crippen LogP contribution in [0.25, 0.3) is 11.0 Å². The lowest BCUT2D eigenvalue weighted by Gasteiger charge is -2.36. The maximum absolute atomic E-state index is 15.2. The topological polar surface area (TPSA) is 90.9 Å². The maximum Gasteiger partial charge on any atom is 0.213 e. The van der Waals surface area contributed by atoms with Crippen LogP contribution in [0.5, 0.6) is 23.1 Å². The molecule has 10 heteroatoms. The summed E-state index contributed by atoms with van der Waals surface area (Å²) >= 11 is 0. The Kier molecular flexibility index (Phi) is 5.99. The number of likely N-dealkylation sites (tertiary alicyclic amines) is 1. The van der Waals surface area contributed by atoms with Gasteiger partial charge in [0.25, 0.3) is 0 Å². The molecule has 9 nitrogen and oxygen atoms in total. The Bertz CT molecular complexity index is 1230. The number of pyridine rings is 3. The van der Waals surface area contributed by atoms with Gasteiger partial charge in [-0.15, -0.1) is 0 Å². The molecule has 1 saturated heterocycles. The molecular weight excluding hydrogens is 453 g/mol. The van der Waals surface area contributed by atoms with E-state index in [2.05, 4.69) is 25.2 Å². The number of hydrogen-bond donors (Lipinski definition) is 1. The van der Waals surface area contributed by atoms with E-state index in [-0.39, 0.29) is 12.0 Å². The number of alkyl halides is 1. The van der Waals surface area contributed by atoms with E-state index in [0.29, 0.717) is 56.8 Å². The lowest BCUT2D eigenvalue weighted by atomic mass is 9.97. The molecule has 0 spiro atoms. The van der Waals surface area contributed by atoms with Gasteiger partial charge in [-0.25, -0.2) is 9.37 Å². The van der Waals surface area contributed by atoms with E-state index in [1.807, 2.05) is 12.1 Å². The van der Waals surface area contributed by atoms with Gasteiger partial charge < -0.3 is 24.3 Å². The van der Waals surface area contributed by atoms with E-state index < -0.39 is 6.17 Å². The fourth-order valence-corrected chi connectivity index (χ4v) is 5.09. The zero-order valence-electron chi connectivity index (χ0n) is 19.6. The molecule has 6 heterocycles. The van der Waals surface area contributed by atoms with E-state index in [9.17, 15) is 0 Å². The number of nitrogens with zero attached hydrogens (tertiary/aromatic N) is 4. The molecule has 1 unspecified atom stereocenters. The van der Waals surface area contributed by atoms with Crippen LogP contribution in [-0.4, -0.2) is 78.6 Å². The maximum atomic E-state index is 15.2. The Morgan fingerprint density at radius 1 is 1.11 bits per heavy atom. The summed E-state index contributed by atoms with van der Waals surface area (Å²) in [5, 5.41) is 3.34. The van der Waals surface area contributed by atoms with E-state index in [4.69, 9.17) is 18.9 Å². The summed E-state index contributed by atoms with van der Waals surface area (Å²) in [4.78, 5) is 15.7. The fraction of sp³-hybridized carbons (Fsp3) is 0.480. The molecule has 0 bridgehead atoms. The summed E-state index contributed by atoms with van der Waals surface area (Å²) in [5.74, 6) is 2.76. The average molecular weight is 482 g/mol. The Morgan fingerprint density at radius 2 is 1.97 bits per heavy atom. The molecule has 184 valence electrons. The Balaban J connectivity index is 1.08. The second kappa shape index (κ2) is 9.43. The molecule has 35 heavy (non-hydrogen) atoms. The Morgan fingerprint density at radius 3 is 2.83 bits per heavy atom. The van der Waals surface area contributed by atoms with Crippen molar-refractivity contribution in [2.45, 2.75) is 31.1 Å². The summed E-state index contributed by atoms with van der Waals surface area (Å²) in [5.41, 5.74) is 3.45. The molecule has 3 aliphatic heterocycles. The van der Waals surface area contributed by atoms with E-state index in [1.165, 1.54) is 0 Å². The molecule has 1 fully saturated rings. The van der Waals surface area contributed by atoms with Crippen LogP contribution in [0.1, 0.15) is 23.6 Å². The van der Waals surface area contributed by atoms with Crippen molar-refractivity contribution in [3.05, 3.63) is 41.9 Å². The Labute approximate surface area is 202 Å². The number of ether oxygens (including phenoxy) is 4. The molecule has 0 aliphatic carbocycles. The van der Waals surface area contributed by atoms with Crippen LogP contribution in [0.15, 0.2) is 30.6 Å². The third kappa shape index (κ3) is 4.43. The molecule has 0 saturated carbocycles. The van der Waals surface area contributed by atoms with Crippen molar-refractivity contribution in [1.82, 2.24) is 25.2 Å². The SMILES string of the molecule is COc1ccc2ncc3c(c2n1)C(CN1CC[C@@H](NCc2cc4c(cn2)OCCO4)[C@H](F)C1)CO3. The number of fused-ring (bicyclic) bond motifs is 4. The van der Waals surface area contributed by atoms with E-state index in [0.717, 1.165) is 41.0 Å². The third-order valence-corrected chi connectivity index (χ3v) is 6.88. The van der Waals surface area contributed by atoms with Crippen LogP contribution in [0.3, 0.4) is 0 Å². The van der Waals surface area contributed by atoms with E-state index >= 15 is 4.39 Å². The first kappa shape index (κ1) is 22.2. The molecule has 3 atom stereocenters. The van der Waals surface area contributed by atoms with Gasteiger partial charge in [0.05, 0.1) is 37.3 Å². The third-order valence-electron chi connectivity index (χ3n) is 6.88. The van der Waals surface area contributed by atoms with Crippen LogP contribution >= 0.6 is 0 Å². The van der Waals surface area contributed by atoms with Crippen molar-refractivity contribution in [3.63, 3.8) is 0 Å². The lowest BCUT2D eigenvalue weighted by molar-refractivity contribution is 0.0956. The van der Waals surface area contributed by atoms with Crippen molar-refractivity contribution in [3.8, 4) is 23.1 Å². The number of halogens is 1. The number of aromatic nitrogens is 3. The minimum atomic E-state index is -0.977. The standard InChI is InChI=1S/C25H28FN5O4/c1-32-23-3-2-19-25(30-23)24-15(14-35-22(24)11-29-19)12-31-5-4-18(17(26)13-31)28-9-16-8-20-21(10-27-16)34-7-6-33-20/h2-3,8,10-11,15,17-18,28H,4-7,9,12-14H2,1H3/t15?,17-,18-/m1/s1. The summed E-state index contributed by atoms with van der Waals surface area (Å²) in [6.45, 7) is 3.97. The highest BCUT2D eigenvalue weighted by molar-refractivity contribution is 5.81. The smallest absolute Gasteiger partial charge is 0.213 e. The summed E-state index contributed by atoms with van der Waals surface area (Å²) in [6, 6.07) is 5.36. The van der Waals surface area contributed by atoms with Gasteiger partial charge >= 0.3 is 0 Å². The van der Waals surface area contributed by atoms with Crippen LogP contribution in [0.2, 0.25) is 0 Å². The van der Waals surface area contributed by atoms with Crippen molar-refractivity contribution in [1.29, 1.82) is 0 Å². The quantitative estimate of drug-likeness (QED) is 0.570. The van der Waals surface area contributed by atoms with Crippen molar-refractivity contribution in [2.24, 2.45) is 0 Å². The van der Waals surface area contributed by atoms with Gasteiger partial charge in [0.2, 0.25) is 5.88 Å². The van der Waals surface area contributed by atoms with Crippen LogP contribution < -0.4 is 24.3 Å². The number of hydrogen-bond acceptors (Lipinski definition) is 9. The average Bonchev–Trinajstić information content (AvgIpc) is 3.31. The number of nitrogens with one attached hydrogen (secondary N) is 1. The molecule has 6 rings (SSSR count). The van der Waals surface area contributed by atoms with Crippen molar-refractivity contribution >= 4 is 11.0 Å². The molecule has 0 aromatic carbocycles. The number of rotatable bonds is 6. The minimum Gasteiger partial charge on any atom is -0.491 e. The zero-order chi connectivity index (χ0) is 23.8. The highest BCUT2D eigenvalue weighted by Crippen LogP contribution is 2.39. The highest BCUT2D eigenvalue weighted by atomic mass is 19.1. The molecule has 0 amide bonds. The molecule has 3 aromatic rings. The molecule has 0 radical (unpaired) electrons. The van der Waals surface area contributed by atoms with Crippen molar-refractivity contribution in [2.75, 3.05) is 46.6 Å². The molecule has 3 aromatic heterocycles. The largest absolute Gasteiger partial charge is 0.491 e. The molecule has 1 N–H and O–H groups in total. The van der Waals surface area contributed by atoms with Gasteiger partial charge in [0.15, 0.2) is 11.5 Å². The van der Waals surface area contributed by atoms with Gasteiger partial charge in [-0.1, -0.05) is 0 Å². The van der Waals surface area contributed by atoms with Gasteiger partial charge in [0.1, 0.15) is 30.7 Å². The lowest BCUT2D eigenvalue weighted by Crippen LogP contribution is -2.51. The van der Waals surface area contributed by atoms with Gasteiger partial charge in [-0.05, 0) is 19.0 Å². The van der Waals surface area contributed by atoms with E-state index in [1.54, 1.807) is 25.6 Å². The fourth-order valence-electron chi connectivity index (χ4n) is 5.09. The second-order valence-corrected chi connectivity index (χ2v) is 9.14. The van der Waals surface area contributed by atoms with Crippen molar-refractivity contribution < 1.29 is 23.3 Å². The van der Waals surface area contributed by atoms with Crippen LogP contribution in [-0.2, 0) is 6.54 Å². The summed E-state index contributed by atoms with van der Waals surface area (Å²) in [7, 11) is 1.60. The second-order valence-electron chi connectivity index (χ2n) is 9.14. The minimum absolute atomic E-state index is 0.105.